The Labute approximate surface area is 135 Å². The van der Waals surface area contributed by atoms with Crippen LogP contribution in [0, 0.1) is 0 Å². The van der Waals surface area contributed by atoms with E-state index in [1.54, 1.807) is 31.9 Å². The number of benzene rings is 1. The Kier molecular flexibility index (Phi) is 6.36. The monoisotopic (exact) mass is 328 g/mol. The minimum atomic E-state index is -0.0810. The number of ether oxygens (including phenoxy) is 1. The SMILES string of the molecule is CN(C)C(=O)c1ccc(SCOC2CCNCC2)cc1Cl. The maximum Gasteiger partial charge on any atom is 0.254 e. The van der Waals surface area contributed by atoms with Gasteiger partial charge in [-0.3, -0.25) is 4.79 Å². The van der Waals surface area contributed by atoms with Gasteiger partial charge in [0.05, 0.1) is 22.6 Å². The molecule has 0 bridgehead atoms. The predicted octanol–water partition coefficient (Wildman–Crippen LogP) is 2.86. The topological polar surface area (TPSA) is 41.6 Å². The summed E-state index contributed by atoms with van der Waals surface area (Å²) >= 11 is 7.79. The molecule has 4 nitrogen and oxygen atoms in total. The maximum absolute atomic E-state index is 11.9. The molecule has 0 aliphatic carbocycles. The first-order chi connectivity index (χ1) is 10.1. The third kappa shape index (κ3) is 4.88. The fraction of sp³-hybridized carbons (Fsp3) is 0.533. The number of amides is 1. The highest BCUT2D eigenvalue weighted by molar-refractivity contribution is 7.99. The molecule has 0 unspecified atom stereocenters. The molecule has 1 aromatic rings. The molecule has 1 heterocycles. The molecule has 0 atom stereocenters. The molecular weight excluding hydrogens is 308 g/mol. The second-order valence-electron chi connectivity index (χ2n) is 5.22. The van der Waals surface area contributed by atoms with Crippen LogP contribution in [0.3, 0.4) is 0 Å². The molecule has 0 spiro atoms. The number of nitrogens with zero attached hydrogens (tertiary/aromatic N) is 1. The van der Waals surface area contributed by atoms with Gasteiger partial charge >= 0.3 is 0 Å². The molecule has 2 rings (SSSR count). The van der Waals surface area contributed by atoms with E-state index in [9.17, 15) is 4.79 Å². The summed E-state index contributed by atoms with van der Waals surface area (Å²) in [5.74, 6) is 0.532. The summed E-state index contributed by atoms with van der Waals surface area (Å²) in [4.78, 5) is 14.4. The van der Waals surface area contributed by atoms with E-state index in [2.05, 4.69) is 5.32 Å². The predicted molar refractivity (Wildman–Crippen MR) is 87.2 cm³/mol. The minimum absolute atomic E-state index is 0.0810. The average Bonchev–Trinajstić information content (AvgIpc) is 2.48. The third-order valence-electron chi connectivity index (χ3n) is 3.39. The van der Waals surface area contributed by atoms with Crippen LogP contribution in [0.1, 0.15) is 23.2 Å². The van der Waals surface area contributed by atoms with E-state index in [0.29, 0.717) is 22.6 Å². The Morgan fingerprint density at radius 2 is 2.14 bits per heavy atom. The minimum Gasteiger partial charge on any atom is -0.367 e. The van der Waals surface area contributed by atoms with E-state index >= 15 is 0 Å². The fourth-order valence-corrected chi connectivity index (χ4v) is 3.25. The molecule has 1 N–H and O–H groups in total. The Bertz CT molecular complexity index is 491. The van der Waals surface area contributed by atoms with Crippen LogP contribution in [0.2, 0.25) is 5.02 Å². The molecule has 1 aromatic carbocycles. The average molecular weight is 329 g/mol. The van der Waals surface area contributed by atoms with Gasteiger partial charge in [-0.2, -0.15) is 0 Å². The molecule has 1 amide bonds. The third-order valence-corrected chi connectivity index (χ3v) is 4.55. The number of rotatable bonds is 5. The molecule has 1 aliphatic rings. The van der Waals surface area contributed by atoms with E-state index in [0.717, 1.165) is 30.8 Å². The number of carbonyl (C=O) groups is 1. The lowest BCUT2D eigenvalue weighted by Gasteiger charge is -2.22. The summed E-state index contributed by atoms with van der Waals surface area (Å²) in [5.41, 5.74) is 0.533. The van der Waals surface area contributed by atoms with Crippen LogP contribution in [0.4, 0.5) is 0 Å². The van der Waals surface area contributed by atoms with Gasteiger partial charge in [-0.05, 0) is 44.1 Å². The van der Waals surface area contributed by atoms with Crippen molar-refractivity contribution in [1.29, 1.82) is 0 Å². The zero-order chi connectivity index (χ0) is 15.2. The van der Waals surface area contributed by atoms with Gasteiger partial charge in [-0.1, -0.05) is 23.4 Å². The Hall–Kier alpha value is -0.750. The van der Waals surface area contributed by atoms with Gasteiger partial charge in [0, 0.05) is 19.0 Å². The quantitative estimate of drug-likeness (QED) is 0.666. The first-order valence-corrected chi connectivity index (χ1v) is 8.40. The molecule has 21 heavy (non-hydrogen) atoms. The van der Waals surface area contributed by atoms with Gasteiger partial charge in [0.25, 0.3) is 5.91 Å². The van der Waals surface area contributed by atoms with Crippen LogP contribution < -0.4 is 5.32 Å². The van der Waals surface area contributed by atoms with Gasteiger partial charge in [0.1, 0.15) is 0 Å². The Morgan fingerprint density at radius 1 is 1.43 bits per heavy atom. The molecule has 116 valence electrons. The lowest BCUT2D eigenvalue weighted by atomic mass is 10.1. The second-order valence-corrected chi connectivity index (χ2v) is 6.62. The summed E-state index contributed by atoms with van der Waals surface area (Å²) in [6, 6.07) is 5.52. The van der Waals surface area contributed by atoms with E-state index in [-0.39, 0.29) is 5.91 Å². The number of piperidine rings is 1. The number of thioether (sulfide) groups is 1. The molecule has 1 aliphatic heterocycles. The van der Waals surface area contributed by atoms with Crippen LogP contribution in [0.15, 0.2) is 23.1 Å². The summed E-state index contributed by atoms with van der Waals surface area (Å²) in [6.07, 6.45) is 2.48. The van der Waals surface area contributed by atoms with E-state index < -0.39 is 0 Å². The zero-order valence-corrected chi connectivity index (χ0v) is 14.0. The summed E-state index contributed by atoms with van der Waals surface area (Å²) in [6.45, 7) is 2.06. The second kappa shape index (κ2) is 8.03. The number of hydrogen-bond donors (Lipinski definition) is 1. The summed E-state index contributed by atoms with van der Waals surface area (Å²) < 4.78 is 5.85. The van der Waals surface area contributed by atoms with E-state index in [4.69, 9.17) is 16.3 Å². The molecule has 1 saturated heterocycles. The summed E-state index contributed by atoms with van der Waals surface area (Å²) in [7, 11) is 3.43. The zero-order valence-electron chi connectivity index (χ0n) is 12.4. The van der Waals surface area contributed by atoms with Gasteiger partial charge in [0.2, 0.25) is 0 Å². The Morgan fingerprint density at radius 3 is 2.76 bits per heavy atom. The van der Waals surface area contributed by atoms with Crippen molar-refractivity contribution in [2.24, 2.45) is 0 Å². The lowest BCUT2D eigenvalue weighted by Crippen LogP contribution is -2.32. The molecular formula is C15H21ClN2O2S. The first-order valence-electron chi connectivity index (χ1n) is 7.04. The molecule has 0 aromatic heterocycles. The van der Waals surface area contributed by atoms with Crippen molar-refractivity contribution in [3.8, 4) is 0 Å². The molecule has 1 fully saturated rings. The Balaban J connectivity index is 1.86. The van der Waals surface area contributed by atoms with E-state index in [1.165, 1.54) is 4.90 Å². The smallest absolute Gasteiger partial charge is 0.254 e. The van der Waals surface area contributed by atoms with Crippen LogP contribution in [0.5, 0.6) is 0 Å². The number of halogens is 1. The van der Waals surface area contributed by atoms with E-state index in [1.807, 2.05) is 12.1 Å². The normalized spacial score (nSPS) is 16.0. The lowest BCUT2D eigenvalue weighted by molar-refractivity contribution is 0.0655. The van der Waals surface area contributed by atoms with Crippen molar-refractivity contribution < 1.29 is 9.53 Å². The van der Waals surface area contributed by atoms with Gasteiger partial charge in [-0.15, -0.1) is 0 Å². The van der Waals surface area contributed by atoms with Gasteiger partial charge < -0.3 is 15.0 Å². The largest absolute Gasteiger partial charge is 0.367 e. The highest BCUT2D eigenvalue weighted by Crippen LogP contribution is 2.26. The van der Waals surface area contributed by atoms with Crippen LogP contribution in [-0.4, -0.2) is 50.0 Å². The molecule has 0 saturated carbocycles. The van der Waals surface area contributed by atoms with Gasteiger partial charge in [0.15, 0.2) is 0 Å². The molecule has 6 heteroatoms. The van der Waals surface area contributed by atoms with Crippen LogP contribution in [-0.2, 0) is 4.74 Å². The highest BCUT2D eigenvalue weighted by atomic mass is 35.5. The highest BCUT2D eigenvalue weighted by Gasteiger charge is 2.14. The molecule has 0 radical (unpaired) electrons. The van der Waals surface area contributed by atoms with Crippen molar-refractivity contribution >= 4 is 29.3 Å². The van der Waals surface area contributed by atoms with Crippen molar-refractivity contribution in [2.75, 3.05) is 33.1 Å². The van der Waals surface area contributed by atoms with Crippen molar-refractivity contribution in [1.82, 2.24) is 10.2 Å². The van der Waals surface area contributed by atoms with Crippen LogP contribution >= 0.6 is 23.4 Å². The number of nitrogens with one attached hydrogen (secondary N) is 1. The first kappa shape index (κ1) is 16.6. The van der Waals surface area contributed by atoms with Crippen molar-refractivity contribution in [3.63, 3.8) is 0 Å². The standard InChI is InChI=1S/C15H21ClN2O2S/c1-18(2)15(19)13-4-3-12(9-14(13)16)21-10-20-11-5-7-17-8-6-11/h3-4,9,11,17H,5-8,10H2,1-2H3. The summed E-state index contributed by atoms with van der Waals surface area (Å²) in [5, 5.41) is 3.80. The van der Waals surface area contributed by atoms with Crippen molar-refractivity contribution in [2.45, 2.75) is 23.8 Å². The van der Waals surface area contributed by atoms with Gasteiger partial charge in [-0.25, -0.2) is 0 Å². The van der Waals surface area contributed by atoms with Crippen molar-refractivity contribution in [3.05, 3.63) is 28.8 Å². The number of carbonyl (C=O) groups excluding carboxylic acids is 1. The van der Waals surface area contributed by atoms with Crippen LogP contribution in [0.25, 0.3) is 0 Å². The maximum atomic E-state index is 11.9. The fourth-order valence-electron chi connectivity index (χ4n) is 2.16. The number of hydrogen-bond acceptors (Lipinski definition) is 4.